The summed E-state index contributed by atoms with van der Waals surface area (Å²) in [7, 11) is 0. The minimum Gasteiger partial charge on any atom is -0.454 e. The van der Waals surface area contributed by atoms with Gasteiger partial charge < -0.3 is 29.6 Å². The molecule has 0 radical (unpaired) electrons. The first-order chi connectivity index (χ1) is 20.2. The highest BCUT2D eigenvalue weighted by Crippen LogP contribution is 2.29. The lowest BCUT2D eigenvalue weighted by atomic mass is 10.2. The van der Waals surface area contributed by atoms with Gasteiger partial charge in [-0.15, -0.1) is 9.97 Å². The number of anilines is 4. The molecule has 0 saturated heterocycles. The SMILES string of the molecule is FC(F)(F)COc1nc(Nc2ccccc2Nc2nc(OCC(F)(F)F)nc(OCC(F)(F)F)n2)nc(OCC(F)(F)F)n1. The Balaban J connectivity index is 1.91. The highest BCUT2D eigenvalue weighted by atomic mass is 19.4. The number of nitrogens with one attached hydrogen (secondary N) is 2. The van der Waals surface area contributed by atoms with Crippen molar-refractivity contribution in [3.63, 3.8) is 0 Å². The number of benzene rings is 1. The van der Waals surface area contributed by atoms with Crippen molar-refractivity contribution in [2.45, 2.75) is 24.7 Å². The average molecular weight is 658 g/mol. The fourth-order valence-electron chi connectivity index (χ4n) is 2.57. The van der Waals surface area contributed by atoms with E-state index in [1.165, 1.54) is 24.3 Å². The van der Waals surface area contributed by atoms with Crippen molar-refractivity contribution < 1.29 is 71.6 Å². The molecule has 1 aromatic carbocycles. The lowest BCUT2D eigenvalue weighted by molar-refractivity contribution is -0.157. The van der Waals surface area contributed by atoms with Crippen LogP contribution in [0.1, 0.15) is 0 Å². The maximum atomic E-state index is 12.6. The molecule has 3 aromatic rings. The summed E-state index contributed by atoms with van der Waals surface area (Å²) in [5, 5.41) is 4.82. The molecule has 0 amide bonds. The summed E-state index contributed by atoms with van der Waals surface area (Å²) >= 11 is 0. The second-order valence-corrected chi connectivity index (χ2v) is 7.86. The molecule has 0 aliphatic heterocycles. The van der Waals surface area contributed by atoms with E-state index < -0.39 is 87.1 Å². The summed E-state index contributed by atoms with van der Waals surface area (Å²) in [6.07, 6.45) is -19.6. The Kier molecular flexibility index (Phi) is 10.1. The molecular weight excluding hydrogens is 644 g/mol. The first kappa shape index (κ1) is 33.7. The van der Waals surface area contributed by atoms with Crippen LogP contribution in [0.5, 0.6) is 24.0 Å². The Morgan fingerprint density at radius 1 is 0.432 bits per heavy atom. The third-order valence-electron chi connectivity index (χ3n) is 4.07. The van der Waals surface area contributed by atoms with E-state index in [9.17, 15) is 52.7 Å². The predicted octanol–water partition coefficient (Wildman–Crippen LogP) is 5.31. The number of halogens is 12. The molecule has 3 rings (SSSR count). The van der Waals surface area contributed by atoms with E-state index in [4.69, 9.17) is 0 Å². The number of alkyl halides is 12. The van der Waals surface area contributed by atoms with E-state index >= 15 is 0 Å². The van der Waals surface area contributed by atoms with Crippen LogP contribution in [0, 0.1) is 0 Å². The number of nitrogens with zero attached hydrogens (tertiary/aromatic N) is 6. The second-order valence-electron chi connectivity index (χ2n) is 7.86. The van der Waals surface area contributed by atoms with Gasteiger partial charge in [-0.05, 0) is 12.1 Å². The van der Waals surface area contributed by atoms with E-state index in [1.54, 1.807) is 0 Å². The summed E-state index contributed by atoms with van der Waals surface area (Å²) in [6.45, 7) is -7.76. The quantitative estimate of drug-likeness (QED) is 0.244. The molecule has 0 bridgehead atoms. The molecule has 0 spiro atoms. The molecule has 24 heteroatoms. The monoisotopic (exact) mass is 658 g/mol. The van der Waals surface area contributed by atoms with E-state index in [1.807, 2.05) is 0 Å². The Morgan fingerprint density at radius 3 is 0.909 bits per heavy atom. The van der Waals surface area contributed by atoms with Crippen LogP contribution in [-0.4, -0.2) is 81.0 Å². The lowest BCUT2D eigenvalue weighted by Crippen LogP contribution is -2.22. The molecule has 0 atom stereocenters. The summed E-state index contributed by atoms with van der Waals surface area (Å²) < 4.78 is 168. The number of hydrogen-bond acceptors (Lipinski definition) is 12. The third-order valence-corrected chi connectivity index (χ3v) is 4.07. The van der Waals surface area contributed by atoms with Crippen molar-refractivity contribution in [2.24, 2.45) is 0 Å². The third kappa shape index (κ3) is 12.6. The maximum Gasteiger partial charge on any atom is 0.422 e. The van der Waals surface area contributed by atoms with Gasteiger partial charge in [0.2, 0.25) is 11.9 Å². The normalized spacial score (nSPS) is 12.5. The minimum absolute atomic E-state index is 0.141. The van der Waals surface area contributed by atoms with Crippen molar-refractivity contribution in [2.75, 3.05) is 37.1 Å². The molecule has 44 heavy (non-hydrogen) atoms. The molecular formula is C20H14F12N8O4. The second kappa shape index (κ2) is 13.2. The predicted molar refractivity (Wildman–Crippen MR) is 119 cm³/mol. The van der Waals surface area contributed by atoms with E-state index in [-0.39, 0.29) is 11.4 Å². The standard InChI is InChI=1S/C20H14F12N8O4/c21-17(22,23)5-41-13-35-11(36-14(39-13)42-6-18(24,25)26)33-9-3-1-2-4-10(9)34-12-37-15(43-7-19(27,28)29)40-16(38-12)44-8-20(30,31)32/h1-4H,5-8H2,(H,33,35,36,39)(H,34,37,38,40). The summed E-state index contributed by atoms with van der Waals surface area (Å²) in [4.78, 5) is 20.5. The highest BCUT2D eigenvalue weighted by molar-refractivity contribution is 5.75. The van der Waals surface area contributed by atoms with Gasteiger partial charge in [-0.3, -0.25) is 0 Å². The van der Waals surface area contributed by atoms with Crippen molar-refractivity contribution in [3.05, 3.63) is 24.3 Å². The van der Waals surface area contributed by atoms with Crippen LogP contribution in [-0.2, 0) is 0 Å². The van der Waals surface area contributed by atoms with Gasteiger partial charge in [0, 0.05) is 0 Å². The molecule has 0 aliphatic rings. The summed E-state index contributed by atoms with van der Waals surface area (Å²) in [6, 6.07) is 0.746. The summed E-state index contributed by atoms with van der Waals surface area (Å²) in [5.74, 6) is -1.44. The first-order valence-electron chi connectivity index (χ1n) is 11.2. The van der Waals surface area contributed by atoms with E-state index in [2.05, 4.69) is 59.5 Å². The van der Waals surface area contributed by atoms with Crippen LogP contribution in [0.25, 0.3) is 0 Å². The Labute approximate surface area is 235 Å². The minimum atomic E-state index is -4.89. The molecule has 0 fully saturated rings. The van der Waals surface area contributed by atoms with Crippen molar-refractivity contribution in [1.82, 2.24) is 29.9 Å². The zero-order valence-corrected chi connectivity index (χ0v) is 21.0. The number of ether oxygens (including phenoxy) is 4. The van der Waals surface area contributed by atoms with Crippen LogP contribution in [0.3, 0.4) is 0 Å². The highest BCUT2D eigenvalue weighted by Gasteiger charge is 2.32. The van der Waals surface area contributed by atoms with Gasteiger partial charge in [0.05, 0.1) is 11.4 Å². The maximum absolute atomic E-state index is 12.6. The van der Waals surface area contributed by atoms with Crippen LogP contribution >= 0.6 is 0 Å². The molecule has 2 aromatic heterocycles. The number of para-hydroxylation sites is 2. The van der Waals surface area contributed by atoms with Gasteiger partial charge in [0.15, 0.2) is 26.4 Å². The molecule has 2 heterocycles. The van der Waals surface area contributed by atoms with Crippen LogP contribution < -0.4 is 29.6 Å². The summed E-state index contributed by atoms with van der Waals surface area (Å²) in [5.41, 5.74) is -0.281. The molecule has 242 valence electrons. The van der Waals surface area contributed by atoms with E-state index in [0.717, 1.165) is 0 Å². The fraction of sp³-hybridized carbons (Fsp3) is 0.400. The van der Waals surface area contributed by atoms with Gasteiger partial charge in [-0.1, -0.05) is 12.1 Å². The van der Waals surface area contributed by atoms with Gasteiger partial charge in [-0.25, -0.2) is 0 Å². The zero-order chi connectivity index (χ0) is 32.8. The van der Waals surface area contributed by atoms with Crippen LogP contribution in [0.15, 0.2) is 24.3 Å². The largest absolute Gasteiger partial charge is 0.454 e. The van der Waals surface area contributed by atoms with Gasteiger partial charge >= 0.3 is 48.7 Å². The smallest absolute Gasteiger partial charge is 0.422 e. The number of hydrogen-bond donors (Lipinski definition) is 2. The molecule has 0 saturated carbocycles. The molecule has 0 aliphatic carbocycles. The lowest BCUT2D eigenvalue weighted by Gasteiger charge is -2.15. The van der Waals surface area contributed by atoms with Gasteiger partial charge in [-0.2, -0.15) is 72.6 Å². The fourth-order valence-corrected chi connectivity index (χ4v) is 2.57. The Hall–Kier alpha value is -4.80. The van der Waals surface area contributed by atoms with Gasteiger partial charge in [0.1, 0.15) is 0 Å². The van der Waals surface area contributed by atoms with Crippen LogP contribution in [0.2, 0.25) is 0 Å². The van der Waals surface area contributed by atoms with Crippen molar-refractivity contribution in [3.8, 4) is 24.0 Å². The van der Waals surface area contributed by atoms with E-state index in [0.29, 0.717) is 0 Å². The first-order valence-corrected chi connectivity index (χ1v) is 11.2. The molecule has 12 nitrogen and oxygen atoms in total. The number of rotatable bonds is 12. The van der Waals surface area contributed by atoms with Crippen LogP contribution in [0.4, 0.5) is 76.0 Å². The molecule has 2 N–H and O–H groups in total. The van der Waals surface area contributed by atoms with Crippen molar-refractivity contribution >= 4 is 23.3 Å². The van der Waals surface area contributed by atoms with Gasteiger partial charge in [0.25, 0.3) is 0 Å². The Morgan fingerprint density at radius 2 is 0.682 bits per heavy atom. The topological polar surface area (TPSA) is 138 Å². The Bertz CT molecular complexity index is 1230. The zero-order valence-electron chi connectivity index (χ0n) is 21.0. The number of aromatic nitrogens is 6. The van der Waals surface area contributed by atoms with Crippen molar-refractivity contribution in [1.29, 1.82) is 0 Å². The average Bonchev–Trinajstić information content (AvgIpc) is 2.88. The molecule has 0 unspecified atom stereocenters.